The summed E-state index contributed by atoms with van der Waals surface area (Å²) in [5.74, 6) is 0. The van der Waals surface area contributed by atoms with Crippen molar-refractivity contribution in [1.82, 2.24) is 15.1 Å². The number of anilines is 2. The molecule has 0 saturated carbocycles. The average Bonchev–Trinajstić information content (AvgIpc) is 3.11. The SMILES string of the molecule is S=C(Nc1ccccc1Cl)N1CCCC(Nc2ccc3[nH]ncc3c2)C1. The van der Waals surface area contributed by atoms with Gasteiger partial charge >= 0.3 is 0 Å². The number of hydrogen-bond donors (Lipinski definition) is 3. The zero-order valence-electron chi connectivity index (χ0n) is 14.2. The number of nitrogens with zero attached hydrogens (tertiary/aromatic N) is 2. The Kier molecular flexibility index (Phi) is 4.95. The molecule has 1 atom stereocenters. The Hall–Kier alpha value is -2.31. The van der Waals surface area contributed by atoms with E-state index in [2.05, 4.69) is 43.9 Å². The van der Waals surface area contributed by atoms with Crippen LogP contribution in [0.25, 0.3) is 10.9 Å². The summed E-state index contributed by atoms with van der Waals surface area (Å²) in [4.78, 5) is 2.20. The fourth-order valence-corrected chi connectivity index (χ4v) is 3.76. The molecule has 26 heavy (non-hydrogen) atoms. The van der Waals surface area contributed by atoms with Gasteiger partial charge in [0.05, 0.1) is 22.4 Å². The largest absolute Gasteiger partial charge is 0.381 e. The van der Waals surface area contributed by atoms with Gasteiger partial charge in [-0.1, -0.05) is 23.7 Å². The Balaban J connectivity index is 1.40. The molecule has 0 radical (unpaired) electrons. The van der Waals surface area contributed by atoms with E-state index in [1.807, 2.05) is 30.5 Å². The van der Waals surface area contributed by atoms with Crippen LogP contribution in [0.2, 0.25) is 5.02 Å². The maximum atomic E-state index is 6.22. The van der Waals surface area contributed by atoms with Crippen molar-refractivity contribution in [2.45, 2.75) is 18.9 Å². The standard InChI is InChI=1S/C19H20ClN5S/c20-16-5-1-2-6-18(16)23-19(26)25-9-3-4-15(12-25)22-14-7-8-17-13(10-14)11-21-24-17/h1-2,5-8,10-11,15,22H,3-4,9,12H2,(H,21,24)(H,23,26). The highest BCUT2D eigenvalue weighted by Gasteiger charge is 2.22. The van der Waals surface area contributed by atoms with Crippen LogP contribution in [0.15, 0.2) is 48.7 Å². The van der Waals surface area contributed by atoms with E-state index in [4.69, 9.17) is 23.8 Å². The molecule has 0 aliphatic carbocycles. The van der Waals surface area contributed by atoms with Gasteiger partial charge < -0.3 is 15.5 Å². The molecule has 0 amide bonds. The Labute approximate surface area is 162 Å². The number of halogens is 1. The predicted molar refractivity (Wildman–Crippen MR) is 112 cm³/mol. The van der Waals surface area contributed by atoms with Crippen molar-refractivity contribution in [2.24, 2.45) is 0 Å². The van der Waals surface area contributed by atoms with Gasteiger partial charge in [-0.05, 0) is 55.4 Å². The molecule has 1 aromatic heterocycles. The molecule has 1 saturated heterocycles. The molecule has 134 valence electrons. The first kappa shape index (κ1) is 17.1. The Morgan fingerprint density at radius 2 is 2.15 bits per heavy atom. The maximum Gasteiger partial charge on any atom is 0.173 e. The molecule has 1 unspecified atom stereocenters. The number of fused-ring (bicyclic) bond motifs is 1. The number of piperidine rings is 1. The molecule has 1 aliphatic rings. The van der Waals surface area contributed by atoms with E-state index < -0.39 is 0 Å². The summed E-state index contributed by atoms with van der Waals surface area (Å²) >= 11 is 11.8. The fraction of sp³-hybridized carbons (Fsp3) is 0.263. The number of aromatic amines is 1. The lowest BCUT2D eigenvalue weighted by molar-refractivity contribution is 0.325. The van der Waals surface area contributed by atoms with Crippen LogP contribution >= 0.6 is 23.8 Å². The second kappa shape index (κ2) is 7.51. The van der Waals surface area contributed by atoms with Gasteiger partial charge in [0.2, 0.25) is 0 Å². The molecule has 5 nitrogen and oxygen atoms in total. The average molecular weight is 386 g/mol. The minimum Gasteiger partial charge on any atom is -0.381 e. The van der Waals surface area contributed by atoms with Crippen molar-refractivity contribution >= 4 is 51.2 Å². The third kappa shape index (κ3) is 3.76. The third-order valence-corrected chi connectivity index (χ3v) is 5.32. The summed E-state index contributed by atoms with van der Waals surface area (Å²) in [6.45, 7) is 1.81. The van der Waals surface area contributed by atoms with Crippen LogP contribution in [0.3, 0.4) is 0 Å². The van der Waals surface area contributed by atoms with Gasteiger partial charge in [-0.25, -0.2) is 0 Å². The topological polar surface area (TPSA) is 56.0 Å². The van der Waals surface area contributed by atoms with Crippen LogP contribution in [0, 0.1) is 0 Å². The first-order valence-corrected chi connectivity index (χ1v) is 9.48. The van der Waals surface area contributed by atoms with E-state index in [0.29, 0.717) is 11.1 Å². The van der Waals surface area contributed by atoms with Crippen LogP contribution in [0.5, 0.6) is 0 Å². The van der Waals surface area contributed by atoms with E-state index in [0.717, 1.165) is 53.3 Å². The summed E-state index contributed by atoms with van der Waals surface area (Å²) < 4.78 is 0. The van der Waals surface area contributed by atoms with Gasteiger partial charge in [0, 0.05) is 30.2 Å². The number of aromatic nitrogens is 2. The zero-order chi connectivity index (χ0) is 17.9. The highest BCUT2D eigenvalue weighted by molar-refractivity contribution is 7.80. The Morgan fingerprint density at radius 3 is 3.04 bits per heavy atom. The van der Waals surface area contributed by atoms with Gasteiger partial charge in [0.1, 0.15) is 0 Å². The van der Waals surface area contributed by atoms with E-state index in [1.165, 1.54) is 0 Å². The minimum atomic E-state index is 0.346. The number of rotatable bonds is 3. The molecule has 1 aliphatic heterocycles. The monoisotopic (exact) mass is 385 g/mol. The fourth-order valence-electron chi connectivity index (χ4n) is 3.30. The molecule has 1 fully saturated rings. The van der Waals surface area contributed by atoms with Crippen LogP contribution in [-0.2, 0) is 0 Å². The predicted octanol–water partition coefficient (Wildman–Crippen LogP) is 4.49. The zero-order valence-corrected chi connectivity index (χ0v) is 15.8. The number of thiocarbonyl (C=S) groups is 1. The molecule has 2 aromatic carbocycles. The van der Waals surface area contributed by atoms with Crippen molar-refractivity contribution in [3.63, 3.8) is 0 Å². The molecular formula is C19H20ClN5S. The van der Waals surface area contributed by atoms with Crippen LogP contribution in [0.1, 0.15) is 12.8 Å². The first-order chi connectivity index (χ1) is 12.7. The minimum absolute atomic E-state index is 0.346. The highest BCUT2D eigenvalue weighted by atomic mass is 35.5. The quantitative estimate of drug-likeness (QED) is 0.580. The normalized spacial score (nSPS) is 17.3. The lowest BCUT2D eigenvalue weighted by Gasteiger charge is -2.35. The summed E-state index contributed by atoms with van der Waals surface area (Å²) in [6, 6.07) is 14.3. The van der Waals surface area contributed by atoms with Crippen molar-refractivity contribution < 1.29 is 0 Å². The number of benzene rings is 2. The Morgan fingerprint density at radius 1 is 1.27 bits per heavy atom. The second-order valence-electron chi connectivity index (χ2n) is 6.51. The number of H-pyrrole nitrogens is 1. The number of likely N-dealkylation sites (tertiary alicyclic amines) is 1. The van der Waals surface area contributed by atoms with Gasteiger partial charge in [0.25, 0.3) is 0 Å². The van der Waals surface area contributed by atoms with Crippen molar-refractivity contribution in [1.29, 1.82) is 0 Å². The van der Waals surface area contributed by atoms with Crippen molar-refractivity contribution in [3.8, 4) is 0 Å². The lowest BCUT2D eigenvalue weighted by Crippen LogP contribution is -2.46. The number of para-hydroxylation sites is 1. The Bertz CT molecular complexity index is 925. The van der Waals surface area contributed by atoms with E-state index in [1.54, 1.807) is 0 Å². The number of hydrogen-bond acceptors (Lipinski definition) is 3. The van der Waals surface area contributed by atoms with E-state index >= 15 is 0 Å². The summed E-state index contributed by atoms with van der Waals surface area (Å²) in [7, 11) is 0. The van der Waals surface area contributed by atoms with E-state index in [9.17, 15) is 0 Å². The van der Waals surface area contributed by atoms with E-state index in [-0.39, 0.29) is 0 Å². The van der Waals surface area contributed by atoms with Crippen molar-refractivity contribution in [3.05, 3.63) is 53.7 Å². The maximum absolute atomic E-state index is 6.22. The third-order valence-electron chi connectivity index (χ3n) is 4.64. The number of nitrogens with one attached hydrogen (secondary N) is 3. The van der Waals surface area contributed by atoms with Gasteiger partial charge in [-0.2, -0.15) is 5.10 Å². The molecule has 3 N–H and O–H groups in total. The summed E-state index contributed by atoms with van der Waals surface area (Å²) in [5, 5.41) is 16.5. The van der Waals surface area contributed by atoms with Gasteiger partial charge in [-0.15, -0.1) is 0 Å². The van der Waals surface area contributed by atoms with Crippen molar-refractivity contribution in [2.75, 3.05) is 23.7 Å². The van der Waals surface area contributed by atoms with Crippen LogP contribution in [-0.4, -0.2) is 39.3 Å². The van der Waals surface area contributed by atoms with Crippen LogP contribution in [0.4, 0.5) is 11.4 Å². The first-order valence-electron chi connectivity index (χ1n) is 8.69. The molecule has 2 heterocycles. The van der Waals surface area contributed by atoms with Gasteiger partial charge in [-0.3, -0.25) is 5.10 Å². The van der Waals surface area contributed by atoms with Crippen LogP contribution < -0.4 is 10.6 Å². The second-order valence-corrected chi connectivity index (χ2v) is 7.31. The summed E-state index contributed by atoms with van der Waals surface area (Å²) in [6.07, 6.45) is 4.06. The highest BCUT2D eigenvalue weighted by Crippen LogP contribution is 2.23. The molecule has 4 rings (SSSR count). The molecular weight excluding hydrogens is 366 g/mol. The van der Waals surface area contributed by atoms with Gasteiger partial charge in [0.15, 0.2) is 5.11 Å². The molecule has 7 heteroatoms. The summed E-state index contributed by atoms with van der Waals surface area (Å²) in [5.41, 5.74) is 3.00. The molecule has 3 aromatic rings. The lowest BCUT2D eigenvalue weighted by atomic mass is 10.1. The molecule has 0 bridgehead atoms. The molecule has 0 spiro atoms. The smallest absolute Gasteiger partial charge is 0.173 e.